The van der Waals surface area contributed by atoms with Gasteiger partial charge in [0.1, 0.15) is 0 Å². The van der Waals surface area contributed by atoms with Gasteiger partial charge in [-0.15, -0.1) is 0 Å². The molecule has 0 spiro atoms. The number of imidazole rings is 1. The molecule has 0 radical (unpaired) electrons. The Morgan fingerprint density at radius 1 is 1.19 bits per heavy atom. The minimum atomic E-state index is -3.74. The third-order valence-electron chi connectivity index (χ3n) is 5.65. The van der Waals surface area contributed by atoms with Crippen molar-refractivity contribution in [2.24, 2.45) is 0 Å². The summed E-state index contributed by atoms with van der Waals surface area (Å²) in [6.45, 7) is 4.45. The van der Waals surface area contributed by atoms with Crippen molar-refractivity contribution in [3.8, 4) is 11.3 Å². The van der Waals surface area contributed by atoms with E-state index in [1.165, 1.54) is 6.92 Å². The van der Waals surface area contributed by atoms with Gasteiger partial charge in [-0.05, 0) is 49.2 Å². The molecule has 0 aliphatic carbocycles. The van der Waals surface area contributed by atoms with Gasteiger partial charge in [0.2, 0.25) is 5.91 Å². The number of carbonyl (C=O) groups is 1. The standard InChI is InChI=1S/C22H22N4O3S2/c1-14-11-17-12-19(7-8-21(17)26(14)15(2)27)31(28,29)24-18-5-3-16(4-6-18)20-13-25-9-10-30-22(25)23-20/h3-8,12-14,24H,9-11H2,1-2H3. The quantitative estimate of drug-likeness (QED) is 0.649. The van der Waals surface area contributed by atoms with Crippen LogP contribution in [0, 0.1) is 0 Å². The minimum Gasteiger partial charge on any atom is -0.325 e. The second-order valence-electron chi connectivity index (χ2n) is 7.87. The summed E-state index contributed by atoms with van der Waals surface area (Å²) in [4.78, 5) is 18.4. The molecule has 3 heterocycles. The molecule has 1 amide bonds. The zero-order valence-electron chi connectivity index (χ0n) is 17.2. The number of nitrogens with zero attached hydrogens (tertiary/aromatic N) is 3. The fraction of sp³-hybridized carbons (Fsp3) is 0.273. The van der Waals surface area contributed by atoms with E-state index in [1.807, 2.05) is 25.3 Å². The molecular formula is C22H22N4O3S2. The van der Waals surface area contributed by atoms with Crippen LogP contribution in [-0.4, -0.2) is 35.7 Å². The number of fused-ring (bicyclic) bond motifs is 2. The SMILES string of the molecule is CC(=O)N1c2ccc(S(=O)(=O)Nc3ccc(-c4cn5c(n4)SCC5)cc3)cc2CC1C. The van der Waals surface area contributed by atoms with Crippen molar-refractivity contribution in [2.75, 3.05) is 15.4 Å². The fourth-order valence-electron chi connectivity index (χ4n) is 4.23. The van der Waals surface area contributed by atoms with Gasteiger partial charge in [0.25, 0.3) is 10.0 Å². The predicted octanol–water partition coefficient (Wildman–Crippen LogP) is 3.75. The molecule has 160 valence electrons. The molecule has 31 heavy (non-hydrogen) atoms. The van der Waals surface area contributed by atoms with E-state index in [1.54, 1.807) is 47.0 Å². The van der Waals surface area contributed by atoms with Gasteiger partial charge in [-0.1, -0.05) is 23.9 Å². The maximum Gasteiger partial charge on any atom is 0.261 e. The molecule has 1 aromatic heterocycles. The van der Waals surface area contributed by atoms with Crippen LogP contribution >= 0.6 is 11.8 Å². The number of thioether (sulfide) groups is 1. The lowest BCUT2D eigenvalue weighted by Crippen LogP contribution is -2.33. The molecular weight excluding hydrogens is 432 g/mol. The van der Waals surface area contributed by atoms with E-state index in [4.69, 9.17) is 0 Å². The van der Waals surface area contributed by atoms with Gasteiger partial charge >= 0.3 is 0 Å². The number of sulfonamides is 1. The summed E-state index contributed by atoms with van der Waals surface area (Å²) in [5.74, 6) is 1.01. The van der Waals surface area contributed by atoms with Gasteiger partial charge in [-0.25, -0.2) is 13.4 Å². The number of aryl methyl sites for hydroxylation is 1. The van der Waals surface area contributed by atoms with Gasteiger partial charge in [-0.3, -0.25) is 9.52 Å². The van der Waals surface area contributed by atoms with Crippen molar-refractivity contribution in [2.45, 2.75) is 42.9 Å². The van der Waals surface area contributed by atoms with Crippen molar-refractivity contribution in [3.05, 3.63) is 54.2 Å². The Hall–Kier alpha value is -2.78. The molecule has 3 aromatic rings. The smallest absolute Gasteiger partial charge is 0.261 e. The highest BCUT2D eigenvalue weighted by Crippen LogP contribution is 2.34. The van der Waals surface area contributed by atoms with Crippen LogP contribution in [0.5, 0.6) is 0 Å². The van der Waals surface area contributed by atoms with Crippen LogP contribution in [0.15, 0.2) is 58.7 Å². The molecule has 0 fully saturated rings. The predicted molar refractivity (Wildman–Crippen MR) is 122 cm³/mol. The first-order valence-corrected chi connectivity index (χ1v) is 12.5. The monoisotopic (exact) mass is 454 g/mol. The van der Waals surface area contributed by atoms with Crippen molar-refractivity contribution in [1.29, 1.82) is 0 Å². The highest BCUT2D eigenvalue weighted by atomic mass is 32.2. The summed E-state index contributed by atoms with van der Waals surface area (Å²) in [7, 11) is -3.74. The van der Waals surface area contributed by atoms with E-state index in [-0.39, 0.29) is 16.8 Å². The number of hydrogen-bond acceptors (Lipinski definition) is 5. The molecule has 7 nitrogen and oxygen atoms in total. The lowest BCUT2D eigenvalue weighted by Gasteiger charge is -2.20. The van der Waals surface area contributed by atoms with Crippen LogP contribution in [0.25, 0.3) is 11.3 Å². The summed E-state index contributed by atoms with van der Waals surface area (Å²) in [6, 6.07) is 12.2. The minimum absolute atomic E-state index is 0.0219. The summed E-state index contributed by atoms with van der Waals surface area (Å²) < 4.78 is 30.7. The lowest BCUT2D eigenvalue weighted by molar-refractivity contribution is -0.116. The van der Waals surface area contributed by atoms with E-state index in [2.05, 4.69) is 14.3 Å². The lowest BCUT2D eigenvalue weighted by atomic mass is 10.1. The Labute approximate surface area is 185 Å². The van der Waals surface area contributed by atoms with Gasteiger partial charge in [-0.2, -0.15) is 0 Å². The molecule has 1 N–H and O–H groups in total. The van der Waals surface area contributed by atoms with Gasteiger partial charge in [0.15, 0.2) is 5.16 Å². The number of benzene rings is 2. The van der Waals surface area contributed by atoms with Crippen molar-refractivity contribution >= 4 is 39.1 Å². The van der Waals surface area contributed by atoms with Crippen LogP contribution in [0.1, 0.15) is 19.4 Å². The molecule has 2 aliphatic heterocycles. The molecule has 1 unspecified atom stereocenters. The summed E-state index contributed by atoms with van der Waals surface area (Å²) in [6.07, 6.45) is 2.67. The van der Waals surface area contributed by atoms with E-state index in [9.17, 15) is 13.2 Å². The Bertz CT molecular complexity index is 1260. The van der Waals surface area contributed by atoms with Crippen LogP contribution in [0.2, 0.25) is 0 Å². The third-order valence-corrected chi connectivity index (χ3v) is 8.00. The van der Waals surface area contributed by atoms with Crippen LogP contribution in [-0.2, 0) is 27.8 Å². The fourth-order valence-corrected chi connectivity index (χ4v) is 6.28. The maximum atomic E-state index is 12.9. The molecule has 2 aliphatic rings. The van der Waals surface area contributed by atoms with Crippen molar-refractivity contribution in [1.82, 2.24) is 9.55 Å². The van der Waals surface area contributed by atoms with Crippen molar-refractivity contribution in [3.63, 3.8) is 0 Å². The Balaban J connectivity index is 1.36. The van der Waals surface area contributed by atoms with Crippen LogP contribution < -0.4 is 9.62 Å². The molecule has 1 atom stereocenters. The molecule has 0 saturated heterocycles. The number of aromatic nitrogens is 2. The van der Waals surface area contributed by atoms with Gasteiger partial charge in [0.05, 0.1) is 10.6 Å². The summed E-state index contributed by atoms with van der Waals surface area (Å²) in [5.41, 5.74) is 3.98. The first-order chi connectivity index (χ1) is 14.8. The normalized spacial score (nSPS) is 17.5. The number of carbonyl (C=O) groups excluding carboxylic acids is 1. The zero-order chi connectivity index (χ0) is 21.8. The Morgan fingerprint density at radius 2 is 1.97 bits per heavy atom. The number of amides is 1. The number of hydrogen-bond donors (Lipinski definition) is 1. The Morgan fingerprint density at radius 3 is 2.68 bits per heavy atom. The van der Waals surface area contributed by atoms with Crippen molar-refractivity contribution < 1.29 is 13.2 Å². The topological polar surface area (TPSA) is 84.3 Å². The van der Waals surface area contributed by atoms with Crippen LogP contribution in [0.4, 0.5) is 11.4 Å². The largest absolute Gasteiger partial charge is 0.325 e. The molecule has 2 aromatic carbocycles. The average molecular weight is 455 g/mol. The number of rotatable bonds is 4. The molecule has 0 saturated carbocycles. The van der Waals surface area contributed by atoms with E-state index >= 15 is 0 Å². The maximum absolute atomic E-state index is 12.9. The highest BCUT2D eigenvalue weighted by molar-refractivity contribution is 7.99. The molecule has 9 heteroatoms. The zero-order valence-corrected chi connectivity index (χ0v) is 18.8. The van der Waals surface area contributed by atoms with E-state index in [0.29, 0.717) is 12.1 Å². The van der Waals surface area contributed by atoms with Gasteiger partial charge in [0, 0.05) is 48.4 Å². The average Bonchev–Trinajstić information content (AvgIpc) is 3.39. The van der Waals surface area contributed by atoms with Crippen LogP contribution in [0.3, 0.4) is 0 Å². The first-order valence-electron chi connectivity index (χ1n) is 10.1. The highest BCUT2D eigenvalue weighted by Gasteiger charge is 2.30. The Kier molecular flexibility index (Phi) is 4.82. The van der Waals surface area contributed by atoms with E-state index in [0.717, 1.165) is 40.0 Å². The summed E-state index contributed by atoms with van der Waals surface area (Å²) in [5, 5.41) is 1.02. The van der Waals surface area contributed by atoms with Gasteiger partial charge < -0.3 is 9.47 Å². The second-order valence-corrected chi connectivity index (χ2v) is 10.6. The molecule has 0 bridgehead atoms. The second kappa shape index (κ2) is 7.42. The number of nitrogens with one attached hydrogen (secondary N) is 1. The summed E-state index contributed by atoms with van der Waals surface area (Å²) >= 11 is 1.74. The van der Waals surface area contributed by atoms with E-state index < -0.39 is 10.0 Å². The third kappa shape index (κ3) is 3.61. The number of anilines is 2. The first kappa shape index (κ1) is 20.1. The molecule has 5 rings (SSSR count).